The maximum Gasteiger partial charge on any atom is 0.307 e. The van der Waals surface area contributed by atoms with E-state index in [1.807, 2.05) is 42.5 Å². The molecular formula is C27H19N3O5. The third-order valence-corrected chi connectivity index (χ3v) is 5.47. The van der Waals surface area contributed by atoms with E-state index in [1.165, 1.54) is 35.9 Å². The molecule has 1 aromatic heterocycles. The normalized spacial score (nSPS) is 11.2. The summed E-state index contributed by atoms with van der Waals surface area (Å²) in [5, 5.41) is 17.7. The van der Waals surface area contributed by atoms with Crippen LogP contribution in [0.15, 0.2) is 101 Å². The summed E-state index contributed by atoms with van der Waals surface area (Å²) in [7, 11) is 0. The van der Waals surface area contributed by atoms with Crippen LogP contribution in [-0.4, -0.2) is 17.0 Å². The Bertz CT molecular complexity index is 1570. The van der Waals surface area contributed by atoms with Gasteiger partial charge in [0.2, 0.25) is 0 Å². The Balaban J connectivity index is 1.19. The highest BCUT2D eigenvalue weighted by Crippen LogP contribution is 2.24. The van der Waals surface area contributed by atoms with Crippen LogP contribution in [0.1, 0.15) is 21.7 Å². The average Bonchev–Trinajstić information content (AvgIpc) is 3.32. The lowest BCUT2D eigenvalue weighted by Gasteiger charge is -2.09. The molecule has 0 fully saturated rings. The molecule has 1 N–H and O–H groups in total. The average molecular weight is 465 g/mol. The van der Waals surface area contributed by atoms with Crippen LogP contribution < -0.4 is 10.2 Å². The summed E-state index contributed by atoms with van der Waals surface area (Å²) in [5.74, 6) is 0.167. The number of hydrazone groups is 1. The summed E-state index contributed by atoms with van der Waals surface area (Å²) in [5.41, 5.74) is 4.57. The van der Waals surface area contributed by atoms with Crippen LogP contribution in [0, 0.1) is 10.1 Å². The largest absolute Gasteiger partial charge is 0.489 e. The van der Waals surface area contributed by atoms with Crippen molar-refractivity contribution in [1.29, 1.82) is 0 Å². The molecule has 0 spiro atoms. The summed E-state index contributed by atoms with van der Waals surface area (Å²) < 4.78 is 11.4. The molecule has 0 radical (unpaired) electrons. The van der Waals surface area contributed by atoms with Gasteiger partial charge in [0.1, 0.15) is 17.9 Å². The first kappa shape index (κ1) is 21.8. The predicted molar refractivity (Wildman–Crippen MR) is 133 cm³/mol. The number of amides is 1. The monoisotopic (exact) mass is 465 g/mol. The number of hydrogen-bond donors (Lipinski definition) is 1. The fourth-order valence-electron chi connectivity index (χ4n) is 3.71. The van der Waals surface area contributed by atoms with E-state index in [9.17, 15) is 14.9 Å². The van der Waals surface area contributed by atoms with Crippen LogP contribution in [0.4, 0.5) is 5.69 Å². The molecule has 5 aromatic rings. The number of nitrogens with zero attached hydrogens (tertiary/aromatic N) is 2. The molecule has 5 rings (SSSR count). The highest BCUT2D eigenvalue weighted by atomic mass is 16.6. The number of carbonyl (C=O) groups excluding carboxylic acids is 1. The SMILES string of the molecule is O=C(N/N=C\c1ccc(OCc2cccc3ccccc23)cc1)c1cc2cc([N+](=O)[O-])ccc2o1. The van der Waals surface area contributed by atoms with Gasteiger partial charge >= 0.3 is 5.91 Å². The molecule has 0 bridgehead atoms. The molecule has 0 saturated carbocycles. The number of fused-ring (bicyclic) bond motifs is 2. The Kier molecular flexibility index (Phi) is 5.92. The smallest absolute Gasteiger partial charge is 0.307 e. The zero-order valence-electron chi connectivity index (χ0n) is 18.4. The van der Waals surface area contributed by atoms with Crippen molar-refractivity contribution in [3.8, 4) is 5.75 Å². The van der Waals surface area contributed by atoms with E-state index in [0.29, 0.717) is 17.6 Å². The van der Waals surface area contributed by atoms with Crippen LogP contribution in [0.2, 0.25) is 0 Å². The number of benzene rings is 4. The van der Waals surface area contributed by atoms with Crippen LogP contribution in [-0.2, 0) is 6.61 Å². The lowest BCUT2D eigenvalue weighted by atomic mass is 10.1. The molecule has 172 valence electrons. The minimum atomic E-state index is -0.560. The van der Waals surface area contributed by atoms with Crippen molar-refractivity contribution in [2.75, 3.05) is 0 Å². The third kappa shape index (κ3) is 4.86. The second-order valence-electron chi connectivity index (χ2n) is 7.78. The molecule has 4 aromatic carbocycles. The molecule has 0 aliphatic carbocycles. The Hall–Kier alpha value is -4.98. The van der Waals surface area contributed by atoms with Crippen molar-refractivity contribution in [2.45, 2.75) is 6.61 Å². The van der Waals surface area contributed by atoms with Gasteiger partial charge in [-0.15, -0.1) is 0 Å². The van der Waals surface area contributed by atoms with Gasteiger partial charge < -0.3 is 9.15 Å². The van der Waals surface area contributed by atoms with E-state index >= 15 is 0 Å². The van der Waals surface area contributed by atoms with E-state index in [-0.39, 0.29) is 11.4 Å². The van der Waals surface area contributed by atoms with Crippen LogP contribution in [0.5, 0.6) is 5.75 Å². The van der Waals surface area contributed by atoms with Gasteiger partial charge in [0.15, 0.2) is 5.76 Å². The summed E-state index contributed by atoms with van der Waals surface area (Å²) >= 11 is 0. The Labute approximate surface area is 199 Å². The first-order chi connectivity index (χ1) is 17.1. The lowest BCUT2D eigenvalue weighted by molar-refractivity contribution is -0.384. The number of carbonyl (C=O) groups is 1. The van der Waals surface area contributed by atoms with Gasteiger partial charge in [0.05, 0.1) is 11.1 Å². The fraction of sp³-hybridized carbons (Fsp3) is 0.0370. The zero-order valence-corrected chi connectivity index (χ0v) is 18.4. The van der Waals surface area contributed by atoms with Crippen LogP contribution in [0.3, 0.4) is 0 Å². The van der Waals surface area contributed by atoms with Gasteiger partial charge in [0, 0.05) is 17.5 Å². The molecule has 0 aliphatic heterocycles. The quantitative estimate of drug-likeness (QED) is 0.185. The summed E-state index contributed by atoms with van der Waals surface area (Å²) in [4.78, 5) is 22.7. The summed E-state index contributed by atoms with van der Waals surface area (Å²) in [6.07, 6.45) is 1.50. The molecule has 1 heterocycles. The van der Waals surface area contributed by atoms with E-state index in [2.05, 4.69) is 34.8 Å². The first-order valence-corrected chi connectivity index (χ1v) is 10.8. The standard InChI is InChI=1S/C27H19N3O5/c31-27(26-15-21-14-22(30(32)33)10-13-25(21)35-26)29-28-16-18-8-11-23(12-9-18)34-17-20-6-3-5-19-4-1-2-7-24(19)20/h1-16H,17H2,(H,29,31)/b28-16-. The van der Waals surface area contributed by atoms with Crippen LogP contribution in [0.25, 0.3) is 21.7 Å². The number of nitro groups is 1. The van der Waals surface area contributed by atoms with Gasteiger partial charge in [-0.3, -0.25) is 14.9 Å². The fourth-order valence-corrected chi connectivity index (χ4v) is 3.71. The zero-order chi connectivity index (χ0) is 24.2. The number of nitro benzene ring substituents is 1. The van der Waals surface area contributed by atoms with Crippen molar-refractivity contribution < 1.29 is 18.9 Å². The number of non-ortho nitro benzene ring substituents is 1. The van der Waals surface area contributed by atoms with Crippen molar-refractivity contribution in [3.63, 3.8) is 0 Å². The van der Waals surface area contributed by atoms with Crippen molar-refractivity contribution in [2.24, 2.45) is 5.10 Å². The molecule has 8 nitrogen and oxygen atoms in total. The molecule has 0 atom stereocenters. The van der Waals surface area contributed by atoms with Gasteiger partial charge in [-0.1, -0.05) is 42.5 Å². The van der Waals surface area contributed by atoms with Crippen molar-refractivity contribution in [3.05, 3.63) is 118 Å². The van der Waals surface area contributed by atoms with Gasteiger partial charge in [-0.05, 0) is 58.3 Å². The van der Waals surface area contributed by atoms with E-state index in [4.69, 9.17) is 9.15 Å². The highest BCUT2D eigenvalue weighted by Gasteiger charge is 2.14. The molecule has 8 heteroatoms. The summed E-state index contributed by atoms with van der Waals surface area (Å²) in [6.45, 7) is 0.450. The van der Waals surface area contributed by atoms with Gasteiger partial charge in [-0.2, -0.15) is 5.10 Å². The van der Waals surface area contributed by atoms with Crippen LogP contribution >= 0.6 is 0 Å². The lowest BCUT2D eigenvalue weighted by Crippen LogP contribution is -2.16. The maximum atomic E-state index is 12.3. The molecule has 35 heavy (non-hydrogen) atoms. The van der Waals surface area contributed by atoms with Crippen molar-refractivity contribution >= 4 is 39.6 Å². The topological polar surface area (TPSA) is 107 Å². The second kappa shape index (κ2) is 9.48. The highest BCUT2D eigenvalue weighted by molar-refractivity contribution is 5.97. The van der Waals surface area contributed by atoms with Gasteiger partial charge in [-0.25, -0.2) is 5.43 Å². The molecule has 0 aliphatic rings. The molecule has 1 amide bonds. The number of furan rings is 1. The minimum Gasteiger partial charge on any atom is -0.489 e. The Morgan fingerprint density at radius 1 is 0.971 bits per heavy atom. The maximum absolute atomic E-state index is 12.3. The van der Waals surface area contributed by atoms with E-state index in [1.54, 1.807) is 0 Å². The number of hydrogen-bond acceptors (Lipinski definition) is 6. The Morgan fingerprint density at radius 3 is 2.60 bits per heavy atom. The predicted octanol–water partition coefficient (Wildman–Crippen LogP) is 5.84. The van der Waals surface area contributed by atoms with Crippen molar-refractivity contribution in [1.82, 2.24) is 5.43 Å². The summed E-state index contributed by atoms with van der Waals surface area (Å²) in [6, 6.07) is 27.2. The van der Waals surface area contributed by atoms with Gasteiger partial charge in [0.25, 0.3) is 5.69 Å². The van der Waals surface area contributed by atoms with E-state index < -0.39 is 10.8 Å². The first-order valence-electron chi connectivity index (χ1n) is 10.8. The van der Waals surface area contributed by atoms with E-state index in [0.717, 1.165) is 22.3 Å². The number of rotatable bonds is 7. The third-order valence-electron chi connectivity index (χ3n) is 5.47. The Morgan fingerprint density at radius 2 is 1.77 bits per heavy atom. The molecule has 0 saturated heterocycles. The molecule has 0 unspecified atom stereocenters. The second-order valence-corrected chi connectivity index (χ2v) is 7.78. The number of nitrogens with one attached hydrogen (secondary N) is 1. The number of ether oxygens (including phenoxy) is 1. The molecular weight excluding hydrogens is 446 g/mol. The minimum absolute atomic E-state index is 0.00910.